The second kappa shape index (κ2) is 5.08. The standard InChI is InChI=1S/C12H15N3O3S/c1-12(2,3)15-10(8-4-5-18-6-8)13-14-11(15)19-7-9(16)17/h4-6H,7H2,1-3H3,(H,16,17). The lowest BCUT2D eigenvalue weighted by Gasteiger charge is -2.24. The van der Waals surface area contributed by atoms with Crippen LogP contribution in [0.5, 0.6) is 0 Å². The first-order valence-electron chi connectivity index (χ1n) is 5.72. The molecule has 0 fully saturated rings. The first-order valence-corrected chi connectivity index (χ1v) is 6.71. The van der Waals surface area contributed by atoms with Crippen molar-refractivity contribution in [3.63, 3.8) is 0 Å². The topological polar surface area (TPSA) is 81.2 Å². The number of rotatable bonds is 4. The van der Waals surface area contributed by atoms with E-state index >= 15 is 0 Å². The van der Waals surface area contributed by atoms with Gasteiger partial charge in [-0.3, -0.25) is 9.36 Å². The van der Waals surface area contributed by atoms with Crippen molar-refractivity contribution in [2.75, 3.05) is 5.75 Å². The van der Waals surface area contributed by atoms with Crippen molar-refractivity contribution >= 4 is 17.7 Å². The summed E-state index contributed by atoms with van der Waals surface area (Å²) in [5.41, 5.74) is 0.571. The second-order valence-corrected chi connectivity index (χ2v) is 5.95. The molecule has 0 unspecified atom stereocenters. The van der Waals surface area contributed by atoms with Crippen LogP contribution in [0.2, 0.25) is 0 Å². The van der Waals surface area contributed by atoms with E-state index in [1.54, 1.807) is 18.6 Å². The Morgan fingerprint density at radius 2 is 2.21 bits per heavy atom. The molecule has 0 saturated heterocycles. The molecular formula is C12H15N3O3S. The van der Waals surface area contributed by atoms with Crippen molar-refractivity contribution in [3.05, 3.63) is 18.6 Å². The maximum Gasteiger partial charge on any atom is 0.313 e. The summed E-state index contributed by atoms with van der Waals surface area (Å²) < 4.78 is 6.98. The zero-order chi connectivity index (χ0) is 14.0. The quantitative estimate of drug-likeness (QED) is 0.867. The third kappa shape index (κ3) is 2.98. The predicted octanol–water partition coefficient (Wildman–Crippen LogP) is 2.47. The third-order valence-corrected chi connectivity index (χ3v) is 3.32. The molecule has 0 aromatic carbocycles. The zero-order valence-electron chi connectivity index (χ0n) is 11.0. The van der Waals surface area contributed by atoms with E-state index in [-0.39, 0.29) is 11.3 Å². The average molecular weight is 281 g/mol. The molecule has 0 aliphatic heterocycles. The van der Waals surface area contributed by atoms with Gasteiger partial charge in [0, 0.05) is 5.54 Å². The molecule has 0 aliphatic carbocycles. The van der Waals surface area contributed by atoms with Crippen LogP contribution in [0.15, 0.2) is 28.2 Å². The van der Waals surface area contributed by atoms with E-state index in [9.17, 15) is 4.79 Å². The minimum absolute atomic E-state index is 0.0421. The van der Waals surface area contributed by atoms with Crippen molar-refractivity contribution in [3.8, 4) is 11.4 Å². The van der Waals surface area contributed by atoms with Crippen LogP contribution in [0, 0.1) is 0 Å². The molecular weight excluding hydrogens is 266 g/mol. The summed E-state index contributed by atoms with van der Waals surface area (Å²) in [6.07, 6.45) is 3.17. The van der Waals surface area contributed by atoms with E-state index in [2.05, 4.69) is 10.2 Å². The number of aliphatic carboxylic acids is 1. The molecule has 0 saturated carbocycles. The fraction of sp³-hybridized carbons (Fsp3) is 0.417. The molecule has 0 amide bonds. The van der Waals surface area contributed by atoms with Gasteiger partial charge < -0.3 is 9.52 Å². The largest absolute Gasteiger partial charge is 0.481 e. The van der Waals surface area contributed by atoms with Crippen LogP contribution in [0.25, 0.3) is 11.4 Å². The summed E-state index contributed by atoms with van der Waals surface area (Å²) in [6, 6.07) is 1.80. The first-order chi connectivity index (χ1) is 8.89. The van der Waals surface area contributed by atoms with E-state index in [4.69, 9.17) is 9.52 Å². The Balaban J connectivity index is 2.43. The van der Waals surface area contributed by atoms with Crippen LogP contribution in [-0.4, -0.2) is 31.6 Å². The minimum atomic E-state index is -0.877. The van der Waals surface area contributed by atoms with Gasteiger partial charge in [-0.05, 0) is 26.8 Å². The van der Waals surface area contributed by atoms with Crippen LogP contribution in [0.4, 0.5) is 0 Å². The molecule has 2 aromatic rings. The van der Waals surface area contributed by atoms with Gasteiger partial charge in [0.05, 0.1) is 17.6 Å². The van der Waals surface area contributed by atoms with Gasteiger partial charge in [0.25, 0.3) is 0 Å². The Morgan fingerprint density at radius 1 is 1.47 bits per heavy atom. The molecule has 102 valence electrons. The number of carboxylic acid groups (broad SMARTS) is 1. The highest BCUT2D eigenvalue weighted by Crippen LogP contribution is 2.30. The molecule has 2 rings (SSSR count). The maximum atomic E-state index is 10.7. The van der Waals surface area contributed by atoms with Crippen molar-refractivity contribution in [2.24, 2.45) is 0 Å². The van der Waals surface area contributed by atoms with Crippen LogP contribution in [0.1, 0.15) is 20.8 Å². The monoisotopic (exact) mass is 281 g/mol. The van der Waals surface area contributed by atoms with Crippen LogP contribution >= 0.6 is 11.8 Å². The number of carbonyl (C=O) groups is 1. The SMILES string of the molecule is CC(C)(C)n1c(SCC(=O)O)nnc1-c1ccoc1. The lowest BCUT2D eigenvalue weighted by Crippen LogP contribution is -2.24. The number of carboxylic acids is 1. The highest BCUT2D eigenvalue weighted by atomic mass is 32.2. The number of nitrogens with zero attached hydrogens (tertiary/aromatic N) is 3. The minimum Gasteiger partial charge on any atom is -0.481 e. The summed E-state index contributed by atoms with van der Waals surface area (Å²) in [5, 5.41) is 17.6. The molecule has 0 spiro atoms. The van der Waals surface area contributed by atoms with Crippen LogP contribution in [-0.2, 0) is 10.3 Å². The van der Waals surface area contributed by atoms with Crippen molar-refractivity contribution < 1.29 is 14.3 Å². The van der Waals surface area contributed by atoms with Gasteiger partial charge in [0.15, 0.2) is 11.0 Å². The molecule has 0 radical (unpaired) electrons. The smallest absolute Gasteiger partial charge is 0.313 e. The Kier molecular flexibility index (Phi) is 3.66. The number of thioether (sulfide) groups is 1. The fourth-order valence-electron chi connectivity index (χ4n) is 1.67. The molecule has 0 atom stereocenters. The number of furan rings is 1. The third-order valence-electron chi connectivity index (χ3n) is 2.41. The average Bonchev–Trinajstić information content (AvgIpc) is 2.93. The highest BCUT2D eigenvalue weighted by Gasteiger charge is 2.25. The predicted molar refractivity (Wildman–Crippen MR) is 71.1 cm³/mol. The Morgan fingerprint density at radius 3 is 2.74 bits per heavy atom. The van der Waals surface area contributed by atoms with Crippen molar-refractivity contribution in [2.45, 2.75) is 31.5 Å². The van der Waals surface area contributed by atoms with E-state index in [1.807, 2.05) is 25.3 Å². The van der Waals surface area contributed by atoms with Crippen LogP contribution in [0.3, 0.4) is 0 Å². The first kappa shape index (κ1) is 13.7. The lowest BCUT2D eigenvalue weighted by molar-refractivity contribution is -0.133. The summed E-state index contributed by atoms with van der Waals surface area (Å²) >= 11 is 1.16. The van der Waals surface area contributed by atoms with Crippen molar-refractivity contribution in [1.82, 2.24) is 14.8 Å². The van der Waals surface area contributed by atoms with Gasteiger partial charge in [0.2, 0.25) is 0 Å². The van der Waals surface area contributed by atoms with E-state index < -0.39 is 5.97 Å². The molecule has 2 aromatic heterocycles. The fourth-order valence-corrected chi connectivity index (χ4v) is 2.51. The van der Waals surface area contributed by atoms with E-state index in [0.717, 1.165) is 17.3 Å². The van der Waals surface area contributed by atoms with Gasteiger partial charge in [-0.1, -0.05) is 11.8 Å². The molecule has 0 aliphatic rings. The Labute approximate surface area is 114 Å². The molecule has 1 N–H and O–H groups in total. The zero-order valence-corrected chi connectivity index (χ0v) is 11.8. The van der Waals surface area contributed by atoms with Gasteiger partial charge >= 0.3 is 5.97 Å². The molecule has 19 heavy (non-hydrogen) atoms. The van der Waals surface area contributed by atoms with Gasteiger partial charge in [-0.25, -0.2) is 0 Å². The molecule has 2 heterocycles. The van der Waals surface area contributed by atoms with Crippen LogP contribution < -0.4 is 0 Å². The van der Waals surface area contributed by atoms with E-state index in [0.29, 0.717) is 11.0 Å². The molecule has 0 bridgehead atoms. The summed E-state index contributed by atoms with van der Waals surface area (Å²) in [6.45, 7) is 6.06. The number of aromatic nitrogens is 3. The molecule has 7 heteroatoms. The Hall–Kier alpha value is -1.76. The highest BCUT2D eigenvalue weighted by molar-refractivity contribution is 7.99. The van der Waals surface area contributed by atoms with Gasteiger partial charge in [-0.2, -0.15) is 0 Å². The maximum absolute atomic E-state index is 10.7. The number of hydrogen-bond donors (Lipinski definition) is 1. The summed E-state index contributed by atoms with van der Waals surface area (Å²) in [5.74, 6) is -0.243. The van der Waals surface area contributed by atoms with Gasteiger partial charge in [-0.15, -0.1) is 10.2 Å². The second-order valence-electron chi connectivity index (χ2n) is 5.01. The Bertz CT molecular complexity index is 570. The lowest BCUT2D eigenvalue weighted by atomic mass is 10.1. The number of hydrogen-bond acceptors (Lipinski definition) is 5. The van der Waals surface area contributed by atoms with E-state index in [1.165, 1.54) is 0 Å². The normalized spacial score (nSPS) is 11.7. The molecule has 6 nitrogen and oxygen atoms in total. The summed E-state index contributed by atoms with van der Waals surface area (Å²) in [4.78, 5) is 10.7. The van der Waals surface area contributed by atoms with Gasteiger partial charge in [0.1, 0.15) is 6.26 Å². The van der Waals surface area contributed by atoms with Crippen molar-refractivity contribution in [1.29, 1.82) is 0 Å². The summed E-state index contributed by atoms with van der Waals surface area (Å²) in [7, 11) is 0.